The summed E-state index contributed by atoms with van der Waals surface area (Å²) in [5.41, 5.74) is 5.23. The molecule has 1 N–H and O–H groups in total. The molecule has 0 saturated heterocycles. The maximum atomic E-state index is 12.3. The normalized spacial score (nSPS) is 18.4. The molecule has 2 aromatic carbocycles. The molecule has 0 spiro atoms. The highest BCUT2D eigenvalue weighted by Gasteiger charge is 2.34. The van der Waals surface area contributed by atoms with Crippen molar-refractivity contribution >= 4 is 23.4 Å². The maximum absolute atomic E-state index is 12.3. The van der Waals surface area contributed by atoms with Crippen LogP contribution < -0.4 is 10.2 Å². The molecule has 0 bridgehead atoms. The molecule has 2 aliphatic heterocycles. The zero-order valence-electron chi connectivity index (χ0n) is 16.1. The third kappa shape index (κ3) is 3.76. The second-order valence-electron chi connectivity index (χ2n) is 7.17. The van der Waals surface area contributed by atoms with Crippen LogP contribution in [0, 0.1) is 5.92 Å². The monoisotopic (exact) mass is 391 g/mol. The molecule has 0 saturated carbocycles. The van der Waals surface area contributed by atoms with Gasteiger partial charge in [0.2, 0.25) is 5.91 Å². The highest BCUT2D eigenvalue weighted by atomic mass is 16.5. The number of carbonyl (C=O) groups is 3. The Bertz CT molecular complexity index is 962. The number of amides is 3. The van der Waals surface area contributed by atoms with Crippen LogP contribution in [0.4, 0.5) is 0 Å². The van der Waals surface area contributed by atoms with Crippen LogP contribution in [0.5, 0.6) is 5.75 Å². The fraction of sp³-hybridized carbons (Fsp3) is 0.273. The summed E-state index contributed by atoms with van der Waals surface area (Å²) in [6, 6.07) is 14.4. The van der Waals surface area contributed by atoms with E-state index in [9.17, 15) is 14.4 Å². The Morgan fingerprint density at radius 1 is 1.03 bits per heavy atom. The minimum absolute atomic E-state index is 0.0650. The van der Waals surface area contributed by atoms with Crippen molar-refractivity contribution in [1.82, 2.24) is 10.3 Å². The second-order valence-corrected chi connectivity index (χ2v) is 7.17. The van der Waals surface area contributed by atoms with Crippen LogP contribution in [0.1, 0.15) is 46.0 Å². The number of carbonyl (C=O) groups excluding carboxylic acids is 3. The summed E-state index contributed by atoms with van der Waals surface area (Å²) in [6.45, 7) is 2.68. The fourth-order valence-electron chi connectivity index (χ4n) is 3.58. The first-order chi connectivity index (χ1) is 14.0. The molecule has 2 aliphatic rings. The largest absolute Gasteiger partial charge is 0.494 e. The van der Waals surface area contributed by atoms with Gasteiger partial charge in [-0.3, -0.25) is 19.3 Å². The molecule has 3 amide bonds. The Labute approximate surface area is 168 Å². The molecule has 148 valence electrons. The number of nitrogens with one attached hydrogen (secondary N) is 1. The Morgan fingerprint density at radius 2 is 1.69 bits per heavy atom. The van der Waals surface area contributed by atoms with E-state index in [0.717, 1.165) is 11.3 Å². The number of imide groups is 1. The van der Waals surface area contributed by atoms with Crippen LogP contribution in [-0.2, 0) is 4.79 Å². The van der Waals surface area contributed by atoms with Gasteiger partial charge in [-0.15, -0.1) is 0 Å². The SMILES string of the molecule is CC1CC(=O)NN=C1c1ccc(OCCCN2C(=O)c3ccccc3C2=O)cc1. The maximum Gasteiger partial charge on any atom is 0.261 e. The molecule has 2 aromatic rings. The summed E-state index contributed by atoms with van der Waals surface area (Å²) < 4.78 is 5.74. The standard InChI is InChI=1S/C22H21N3O4/c1-14-13-19(26)23-24-20(14)15-7-9-16(10-8-15)29-12-4-11-25-21(27)17-5-2-3-6-18(17)22(25)28/h2-3,5-10,14H,4,11-13H2,1H3,(H,23,26). The van der Waals surface area contributed by atoms with Gasteiger partial charge in [0, 0.05) is 18.9 Å². The minimum atomic E-state index is -0.246. The van der Waals surface area contributed by atoms with Crippen molar-refractivity contribution in [3.63, 3.8) is 0 Å². The molecule has 1 atom stereocenters. The van der Waals surface area contributed by atoms with E-state index in [1.54, 1.807) is 24.3 Å². The molecule has 7 heteroatoms. The van der Waals surface area contributed by atoms with E-state index >= 15 is 0 Å². The Hall–Kier alpha value is -3.48. The molecule has 2 heterocycles. The van der Waals surface area contributed by atoms with Crippen molar-refractivity contribution in [1.29, 1.82) is 0 Å². The predicted octanol–water partition coefficient (Wildman–Crippen LogP) is 2.61. The van der Waals surface area contributed by atoms with Crippen molar-refractivity contribution in [2.45, 2.75) is 19.8 Å². The Morgan fingerprint density at radius 3 is 2.31 bits per heavy atom. The Balaban J connectivity index is 1.29. The van der Waals surface area contributed by atoms with Crippen molar-refractivity contribution in [2.75, 3.05) is 13.2 Å². The average Bonchev–Trinajstić information content (AvgIpc) is 2.97. The van der Waals surface area contributed by atoms with Crippen LogP contribution in [0.25, 0.3) is 0 Å². The first kappa shape index (κ1) is 18.9. The van der Waals surface area contributed by atoms with Gasteiger partial charge >= 0.3 is 0 Å². The van der Waals surface area contributed by atoms with Crippen LogP contribution in [0.15, 0.2) is 53.6 Å². The number of nitrogens with zero attached hydrogens (tertiary/aromatic N) is 2. The lowest BCUT2D eigenvalue weighted by Crippen LogP contribution is -2.32. The summed E-state index contributed by atoms with van der Waals surface area (Å²) in [4.78, 5) is 37.3. The number of rotatable bonds is 6. The predicted molar refractivity (Wildman–Crippen MR) is 107 cm³/mol. The van der Waals surface area contributed by atoms with Gasteiger partial charge in [0.25, 0.3) is 11.8 Å². The number of hydrogen-bond donors (Lipinski definition) is 1. The quantitative estimate of drug-likeness (QED) is 0.606. The highest BCUT2D eigenvalue weighted by Crippen LogP contribution is 2.23. The van der Waals surface area contributed by atoms with Crippen molar-refractivity contribution in [3.8, 4) is 5.75 Å². The summed E-state index contributed by atoms with van der Waals surface area (Å²) in [6.07, 6.45) is 0.970. The van der Waals surface area contributed by atoms with Crippen molar-refractivity contribution < 1.29 is 19.1 Å². The van der Waals surface area contributed by atoms with Gasteiger partial charge in [-0.05, 0) is 48.4 Å². The molecule has 4 rings (SSSR count). The molecule has 7 nitrogen and oxygen atoms in total. The molecule has 1 unspecified atom stereocenters. The lowest BCUT2D eigenvalue weighted by atomic mass is 9.94. The first-order valence-electron chi connectivity index (χ1n) is 9.59. The average molecular weight is 391 g/mol. The van der Waals surface area contributed by atoms with Gasteiger partial charge < -0.3 is 4.74 Å². The smallest absolute Gasteiger partial charge is 0.261 e. The summed E-state index contributed by atoms with van der Waals surface area (Å²) in [7, 11) is 0. The molecular weight excluding hydrogens is 370 g/mol. The number of ether oxygens (including phenoxy) is 1. The van der Waals surface area contributed by atoms with E-state index in [-0.39, 0.29) is 23.6 Å². The topological polar surface area (TPSA) is 88.1 Å². The summed E-state index contributed by atoms with van der Waals surface area (Å²) in [5, 5.41) is 4.15. The van der Waals surface area contributed by atoms with Gasteiger partial charge in [0.05, 0.1) is 23.4 Å². The van der Waals surface area contributed by atoms with Crippen LogP contribution >= 0.6 is 0 Å². The molecule has 29 heavy (non-hydrogen) atoms. The second kappa shape index (κ2) is 7.87. The van der Waals surface area contributed by atoms with E-state index in [0.29, 0.717) is 42.9 Å². The highest BCUT2D eigenvalue weighted by molar-refractivity contribution is 6.21. The van der Waals surface area contributed by atoms with Gasteiger partial charge in [0.1, 0.15) is 5.75 Å². The van der Waals surface area contributed by atoms with Gasteiger partial charge in [-0.1, -0.05) is 19.1 Å². The van der Waals surface area contributed by atoms with Crippen LogP contribution in [0.3, 0.4) is 0 Å². The third-order valence-electron chi connectivity index (χ3n) is 5.08. The Kier molecular flexibility index (Phi) is 5.12. The van der Waals surface area contributed by atoms with Crippen molar-refractivity contribution in [3.05, 3.63) is 65.2 Å². The van der Waals surface area contributed by atoms with E-state index in [1.165, 1.54) is 4.90 Å². The minimum Gasteiger partial charge on any atom is -0.494 e. The molecule has 0 fully saturated rings. The van der Waals surface area contributed by atoms with Crippen molar-refractivity contribution in [2.24, 2.45) is 11.0 Å². The molecule has 0 aliphatic carbocycles. The third-order valence-corrected chi connectivity index (χ3v) is 5.08. The first-order valence-corrected chi connectivity index (χ1v) is 9.59. The molecule has 0 aromatic heterocycles. The number of benzene rings is 2. The number of hydrogen-bond acceptors (Lipinski definition) is 5. The fourth-order valence-corrected chi connectivity index (χ4v) is 3.58. The molecule has 0 radical (unpaired) electrons. The lowest BCUT2D eigenvalue weighted by molar-refractivity contribution is -0.121. The van der Waals surface area contributed by atoms with Gasteiger partial charge in [0.15, 0.2) is 0 Å². The van der Waals surface area contributed by atoms with Crippen LogP contribution in [-0.4, -0.2) is 41.5 Å². The van der Waals surface area contributed by atoms with Gasteiger partial charge in [-0.25, -0.2) is 5.43 Å². The van der Waals surface area contributed by atoms with Gasteiger partial charge in [-0.2, -0.15) is 5.10 Å². The number of fused-ring (bicyclic) bond motifs is 1. The molecular formula is C22H21N3O4. The van der Waals surface area contributed by atoms with E-state index in [1.807, 2.05) is 31.2 Å². The van der Waals surface area contributed by atoms with E-state index < -0.39 is 0 Å². The summed E-state index contributed by atoms with van der Waals surface area (Å²) in [5.74, 6) is 0.201. The van der Waals surface area contributed by atoms with E-state index in [4.69, 9.17) is 4.74 Å². The van der Waals surface area contributed by atoms with Crippen LogP contribution in [0.2, 0.25) is 0 Å². The lowest BCUT2D eigenvalue weighted by Gasteiger charge is -2.19. The zero-order chi connectivity index (χ0) is 20.4. The zero-order valence-corrected chi connectivity index (χ0v) is 16.1. The van der Waals surface area contributed by atoms with E-state index in [2.05, 4.69) is 10.5 Å². The summed E-state index contributed by atoms with van der Waals surface area (Å²) >= 11 is 0. The number of hydrazone groups is 1.